The molecule has 0 aromatic rings. The van der Waals surface area contributed by atoms with Gasteiger partial charge in [0.1, 0.15) is 0 Å². The molecule has 1 aliphatic heterocycles. The van der Waals surface area contributed by atoms with E-state index in [0.717, 1.165) is 25.9 Å². The van der Waals surface area contributed by atoms with Crippen LogP contribution in [0, 0.1) is 5.41 Å². The van der Waals surface area contributed by atoms with Gasteiger partial charge >= 0.3 is 0 Å². The Bertz CT molecular complexity index is 289. The zero-order chi connectivity index (χ0) is 9.60. The van der Waals surface area contributed by atoms with Gasteiger partial charge in [-0.15, -0.1) is 0 Å². The topological polar surface area (TPSA) is 23.5 Å². The van der Waals surface area contributed by atoms with E-state index in [-0.39, 0.29) is 6.10 Å². The molecule has 0 aromatic carbocycles. The summed E-state index contributed by atoms with van der Waals surface area (Å²) in [6, 6.07) is 0.596. The van der Waals surface area contributed by atoms with Gasteiger partial charge in [0, 0.05) is 24.5 Å². The van der Waals surface area contributed by atoms with Crippen LogP contribution in [0.15, 0.2) is 24.3 Å². The third kappa shape index (κ3) is 1.11. The van der Waals surface area contributed by atoms with Crippen molar-refractivity contribution in [3.8, 4) is 0 Å². The van der Waals surface area contributed by atoms with E-state index >= 15 is 0 Å². The molecule has 1 saturated carbocycles. The van der Waals surface area contributed by atoms with Gasteiger partial charge in [-0.25, -0.2) is 0 Å². The highest BCUT2D eigenvalue weighted by atomic mass is 16.3. The first-order valence-electron chi connectivity index (χ1n) is 5.56. The maximum Gasteiger partial charge on any atom is 0.0621 e. The number of likely N-dealkylation sites (tertiary alicyclic amines) is 1. The predicted molar refractivity (Wildman–Crippen MR) is 55.9 cm³/mol. The SMILES string of the molecule is O[C@@H]1CCC12CN([C@@H]1C=CC=CC1)C2. The van der Waals surface area contributed by atoms with E-state index < -0.39 is 0 Å². The van der Waals surface area contributed by atoms with Gasteiger partial charge in [0.05, 0.1) is 6.10 Å². The molecule has 0 radical (unpaired) electrons. The van der Waals surface area contributed by atoms with Crippen molar-refractivity contribution in [1.82, 2.24) is 4.90 Å². The van der Waals surface area contributed by atoms with Crippen molar-refractivity contribution in [3.63, 3.8) is 0 Å². The summed E-state index contributed by atoms with van der Waals surface area (Å²) < 4.78 is 0. The second-order valence-corrected chi connectivity index (χ2v) is 4.94. The van der Waals surface area contributed by atoms with Gasteiger partial charge in [0.2, 0.25) is 0 Å². The molecule has 3 aliphatic rings. The van der Waals surface area contributed by atoms with Crippen LogP contribution in [0.3, 0.4) is 0 Å². The van der Waals surface area contributed by atoms with Gasteiger partial charge in [0.15, 0.2) is 0 Å². The highest BCUT2D eigenvalue weighted by Crippen LogP contribution is 2.49. The van der Waals surface area contributed by atoms with Crippen LogP contribution in [0.25, 0.3) is 0 Å². The number of rotatable bonds is 1. The molecule has 2 fully saturated rings. The molecular weight excluding hydrogens is 174 g/mol. The van der Waals surface area contributed by atoms with E-state index in [9.17, 15) is 5.11 Å². The van der Waals surface area contributed by atoms with Crippen molar-refractivity contribution in [3.05, 3.63) is 24.3 Å². The zero-order valence-electron chi connectivity index (χ0n) is 8.39. The lowest BCUT2D eigenvalue weighted by molar-refractivity contribution is -0.164. The Kier molecular flexibility index (Phi) is 1.83. The van der Waals surface area contributed by atoms with Crippen LogP contribution in [-0.2, 0) is 0 Å². The average molecular weight is 191 g/mol. The minimum Gasteiger partial charge on any atom is -0.392 e. The molecular formula is C12H17NO. The number of aliphatic hydroxyl groups is 1. The number of aliphatic hydroxyl groups excluding tert-OH is 1. The highest BCUT2D eigenvalue weighted by Gasteiger charge is 2.54. The third-order valence-electron chi connectivity index (χ3n) is 4.09. The Morgan fingerprint density at radius 1 is 1.29 bits per heavy atom. The Balaban J connectivity index is 1.59. The third-order valence-corrected chi connectivity index (χ3v) is 4.09. The summed E-state index contributed by atoms with van der Waals surface area (Å²) in [6.45, 7) is 2.22. The molecule has 2 aliphatic carbocycles. The molecule has 0 bridgehead atoms. The smallest absolute Gasteiger partial charge is 0.0621 e. The van der Waals surface area contributed by atoms with E-state index in [1.165, 1.54) is 6.42 Å². The largest absolute Gasteiger partial charge is 0.392 e. The molecule has 2 heteroatoms. The Hall–Kier alpha value is -0.600. The van der Waals surface area contributed by atoms with Gasteiger partial charge in [-0.3, -0.25) is 4.90 Å². The molecule has 0 amide bonds. The second kappa shape index (κ2) is 2.94. The molecule has 1 heterocycles. The normalized spacial score (nSPS) is 39.5. The fourth-order valence-corrected chi connectivity index (χ4v) is 2.89. The molecule has 14 heavy (non-hydrogen) atoms. The van der Waals surface area contributed by atoms with Crippen LogP contribution in [-0.4, -0.2) is 35.2 Å². The van der Waals surface area contributed by atoms with Crippen LogP contribution >= 0.6 is 0 Å². The first-order chi connectivity index (χ1) is 6.80. The van der Waals surface area contributed by atoms with Crippen molar-refractivity contribution in [1.29, 1.82) is 0 Å². The van der Waals surface area contributed by atoms with Gasteiger partial charge in [-0.05, 0) is 19.3 Å². The van der Waals surface area contributed by atoms with Crippen LogP contribution in [0.5, 0.6) is 0 Å². The van der Waals surface area contributed by atoms with E-state index in [1.807, 2.05) is 0 Å². The van der Waals surface area contributed by atoms with Crippen molar-refractivity contribution in [2.45, 2.75) is 31.4 Å². The molecule has 3 rings (SSSR count). The average Bonchev–Trinajstić information content (AvgIpc) is 2.15. The highest BCUT2D eigenvalue weighted by molar-refractivity contribution is 5.17. The minimum atomic E-state index is -0.0122. The molecule has 2 atom stereocenters. The quantitative estimate of drug-likeness (QED) is 0.676. The number of hydrogen-bond donors (Lipinski definition) is 1. The minimum absolute atomic E-state index is 0.0122. The lowest BCUT2D eigenvalue weighted by Gasteiger charge is -2.60. The van der Waals surface area contributed by atoms with E-state index in [2.05, 4.69) is 29.2 Å². The van der Waals surface area contributed by atoms with Crippen molar-refractivity contribution >= 4 is 0 Å². The summed E-state index contributed by atoms with van der Waals surface area (Å²) in [5.74, 6) is 0. The summed E-state index contributed by atoms with van der Waals surface area (Å²) in [6.07, 6.45) is 12.1. The lowest BCUT2D eigenvalue weighted by Crippen LogP contribution is -2.68. The zero-order valence-corrected chi connectivity index (χ0v) is 8.39. The van der Waals surface area contributed by atoms with Crippen molar-refractivity contribution < 1.29 is 5.11 Å². The molecule has 0 aromatic heterocycles. The summed E-state index contributed by atoms with van der Waals surface area (Å²) in [4.78, 5) is 2.49. The number of nitrogens with zero attached hydrogens (tertiary/aromatic N) is 1. The predicted octanol–water partition coefficient (Wildman–Crippen LogP) is 1.33. The summed E-state index contributed by atoms with van der Waals surface area (Å²) in [5, 5.41) is 9.68. The fourth-order valence-electron chi connectivity index (χ4n) is 2.89. The van der Waals surface area contributed by atoms with E-state index in [0.29, 0.717) is 11.5 Å². The summed E-state index contributed by atoms with van der Waals surface area (Å²) in [7, 11) is 0. The monoisotopic (exact) mass is 191 g/mol. The van der Waals surface area contributed by atoms with Gasteiger partial charge in [-0.2, -0.15) is 0 Å². The van der Waals surface area contributed by atoms with Gasteiger partial charge < -0.3 is 5.11 Å². The van der Waals surface area contributed by atoms with Gasteiger partial charge in [-0.1, -0.05) is 24.3 Å². The summed E-state index contributed by atoms with van der Waals surface area (Å²) in [5.41, 5.74) is 0.301. The molecule has 1 saturated heterocycles. The van der Waals surface area contributed by atoms with Crippen LogP contribution < -0.4 is 0 Å². The van der Waals surface area contributed by atoms with Crippen LogP contribution in [0.4, 0.5) is 0 Å². The second-order valence-electron chi connectivity index (χ2n) is 4.94. The van der Waals surface area contributed by atoms with Crippen molar-refractivity contribution in [2.24, 2.45) is 5.41 Å². The Morgan fingerprint density at radius 3 is 2.64 bits per heavy atom. The molecule has 0 unspecified atom stereocenters. The van der Waals surface area contributed by atoms with E-state index in [4.69, 9.17) is 0 Å². The summed E-state index contributed by atoms with van der Waals surface area (Å²) >= 11 is 0. The molecule has 1 N–H and O–H groups in total. The number of allylic oxidation sites excluding steroid dienone is 2. The Labute approximate surface area is 84.9 Å². The van der Waals surface area contributed by atoms with Crippen LogP contribution in [0.2, 0.25) is 0 Å². The first-order valence-corrected chi connectivity index (χ1v) is 5.56. The van der Waals surface area contributed by atoms with Gasteiger partial charge in [0.25, 0.3) is 0 Å². The van der Waals surface area contributed by atoms with E-state index in [1.54, 1.807) is 0 Å². The number of hydrogen-bond acceptors (Lipinski definition) is 2. The van der Waals surface area contributed by atoms with Crippen LogP contribution in [0.1, 0.15) is 19.3 Å². The molecule has 76 valence electrons. The first kappa shape index (κ1) is 8.69. The molecule has 1 spiro atoms. The lowest BCUT2D eigenvalue weighted by atomic mass is 9.60. The standard InChI is InChI=1S/C12H17NO/c14-11-6-7-12(11)8-13(9-12)10-4-2-1-3-5-10/h1-4,10-11,14H,5-9H2/t10-,11-/m1/s1. The Morgan fingerprint density at radius 2 is 2.14 bits per heavy atom. The molecule has 2 nitrogen and oxygen atoms in total. The fraction of sp³-hybridized carbons (Fsp3) is 0.667. The van der Waals surface area contributed by atoms with Crippen molar-refractivity contribution in [2.75, 3.05) is 13.1 Å². The maximum absolute atomic E-state index is 9.68. The maximum atomic E-state index is 9.68.